The molecule has 2 rings (SSSR count). The molecule has 8 heteroatoms. The largest absolute Gasteiger partial charge is 0.419 e. The highest BCUT2D eigenvalue weighted by Crippen LogP contribution is 2.37. The number of cyclic esters (lactones) is 2. The van der Waals surface area contributed by atoms with Crippen LogP contribution in [0.15, 0.2) is 28.2 Å². The summed E-state index contributed by atoms with van der Waals surface area (Å²) in [6.45, 7) is 2.75. The number of hydrogen-bond donors (Lipinski definition) is 0. The molecule has 1 aromatic rings. The Hall–Kier alpha value is -1.83. The highest BCUT2D eigenvalue weighted by atomic mass is 79.9. The van der Waals surface area contributed by atoms with Crippen molar-refractivity contribution in [2.45, 2.75) is 25.8 Å². The minimum Gasteiger partial charge on any atom is -0.419 e. The molecule has 1 aliphatic rings. The van der Waals surface area contributed by atoms with Crippen LogP contribution in [0.4, 0.5) is 13.2 Å². The minimum atomic E-state index is -4.57. The van der Waals surface area contributed by atoms with Crippen molar-refractivity contribution in [3.63, 3.8) is 0 Å². The monoisotopic (exact) mass is 378 g/mol. The van der Waals surface area contributed by atoms with Gasteiger partial charge in [0, 0.05) is 18.3 Å². The van der Waals surface area contributed by atoms with E-state index in [9.17, 15) is 22.8 Å². The summed E-state index contributed by atoms with van der Waals surface area (Å²) in [5.41, 5.74) is -1.38. The summed E-state index contributed by atoms with van der Waals surface area (Å²) in [6, 6.07) is 3.38. The van der Waals surface area contributed by atoms with Crippen molar-refractivity contribution in [3.05, 3.63) is 39.4 Å². The Kier molecular flexibility index (Phi) is 4.08. The number of benzene rings is 1. The first-order valence-electron chi connectivity index (χ1n) is 6.05. The SMILES string of the molecule is CC1(C)OC(=O)C(=Cc2cccc(C(F)(F)F)c2Br)C(=O)O1. The van der Waals surface area contributed by atoms with Gasteiger partial charge < -0.3 is 9.47 Å². The Morgan fingerprint density at radius 1 is 1.14 bits per heavy atom. The van der Waals surface area contributed by atoms with E-state index in [2.05, 4.69) is 15.9 Å². The topological polar surface area (TPSA) is 52.6 Å². The van der Waals surface area contributed by atoms with Gasteiger partial charge in [-0.15, -0.1) is 0 Å². The summed E-state index contributed by atoms with van der Waals surface area (Å²) >= 11 is 2.84. The van der Waals surface area contributed by atoms with E-state index in [1.807, 2.05) is 0 Å². The maximum atomic E-state index is 12.8. The molecular weight excluding hydrogens is 369 g/mol. The summed E-state index contributed by atoms with van der Waals surface area (Å²) in [5.74, 6) is -3.31. The third-order valence-electron chi connectivity index (χ3n) is 2.75. The quantitative estimate of drug-likeness (QED) is 0.424. The van der Waals surface area contributed by atoms with Crippen LogP contribution >= 0.6 is 15.9 Å². The lowest BCUT2D eigenvalue weighted by Gasteiger charge is -2.29. The van der Waals surface area contributed by atoms with Crippen molar-refractivity contribution >= 4 is 33.9 Å². The zero-order valence-corrected chi connectivity index (χ0v) is 13.0. The van der Waals surface area contributed by atoms with Crippen LogP contribution in [0.25, 0.3) is 6.08 Å². The van der Waals surface area contributed by atoms with Crippen molar-refractivity contribution in [2.75, 3.05) is 0 Å². The lowest BCUT2D eigenvalue weighted by Crippen LogP contribution is -2.41. The van der Waals surface area contributed by atoms with Gasteiger partial charge in [0.25, 0.3) is 5.79 Å². The molecule has 0 radical (unpaired) electrons. The summed E-state index contributed by atoms with van der Waals surface area (Å²) < 4.78 is 48.0. The van der Waals surface area contributed by atoms with E-state index in [4.69, 9.17) is 9.47 Å². The first kappa shape index (κ1) is 16.5. The number of halogens is 4. The minimum absolute atomic E-state index is 0.0124. The van der Waals surface area contributed by atoms with Crippen LogP contribution < -0.4 is 0 Å². The molecule has 0 aromatic heterocycles. The van der Waals surface area contributed by atoms with Crippen molar-refractivity contribution in [1.29, 1.82) is 0 Å². The van der Waals surface area contributed by atoms with Gasteiger partial charge in [-0.25, -0.2) is 9.59 Å². The van der Waals surface area contributed by atoms with E-state index in [0.29, 0.717) is 0 Å². The van der Waals surface area contributed by atoms with Gasteiger partial charge in [0.1, 0.15) is 5.57 Å². The Balaban J connectivity index is 2.46. The van der Waals surface area contributed by atoms with Crippen LogP contribution in [-0.2, 0) is 25.2 Å². The van der Waals surface area contributed by atoms with Gasteiger partial charge in [0.05, 0.1) is 5.56 Å². The molecule has 0 unspecified atom stereocenters. The van der Waals surface area contributed by atoms with Crippen LogP contribution in [0, 0.1) is 0 Å². The van der Waals surface area contributed by atoms with E-state index in [1.165, 1.54) is 26.0 Å². The van der Waals surface area contributed by atoms with Crippen LogP contribution in [0.5, 0.6) is 0 Å². The molecule has 0 atom stereocenters. The Morgan fingerprint density at radius 3 is 2.18 bits per heavy atom. The fourth-order valence-electron chi connectivity index (χ4n) is 1.81. The molecule has 1 fully saturated rings. The molecule has 1 saturated heterocycles. The van der Waals surface area contributed by atoms with E-state index in [1.54, 1.807) is 0 Å². The zero-order chi connectivity index (χ0) is 16.7. The number of esters is 2. The number of carbonyl (C=O) groups excluding carboxylic acids is 2. The molecule has 22 heavy (non-hydrogen) atoms. The Morgan fingerprint density at radius 2 is 1.68 bits per heavy atom. The van der Waals surface area contributed by atoms with E-state index < -0.39 is 35.0 Å². The summed E-state index contributed by atoms with van der Waals surface area (Å²) in [6.07, 6.45) is -3.57. The molecule has 0 saturated carbocycles. The second kappa shape index (κ2) is 5.42. The van der Waals surface area contributed by atoms with Gasteiger partial charge in [0.15, 0.2) is 0 Å². The molecule has 0 aliphatic carbocycles. The van der Waals surface area contributed by atoms with Crippen molar-refractivity contribution in [1.82, 2.24) is 0 Å². The summed E-state index contributed by atoms with van der Waals surface area (Å²) in [5, 5.41) is 0. The number of rotatable bonds is 1. The first-order valence-corrected chi connectivity index (χ1v) is 6.85. The number of ether oxygens (including phenoxy) is 2. The smallest absolute Gasteiger partial charge is 0.417 e. The molecule has 1 aromatic carbocycles. The second-order valence-electron chi connectivity index (χ2n) is 4.94. The molecule has 118 valence electrons. The molecule has 0 N–H and O–H groups in total. The van der Waals surface area contributed by atoms with Gasteiger partial charge in [-0.1, -0.05) is 12.1 Å². The lowest BCUT2D eigenvalue weighted by atomic mass is 10.1. The third-order valence-corrected chi connectivity index (χ3v) is 3.64. The molecule has 0 amide bonds. The van der Waals surface area contributed by atoms with Gasteiger partial charge in [-0.2, -0.15) is 13.2 Å². The van der Waals surface area contributed by atoms with Gasteiger partial charge in [-0.05, 0) is 33.6 Å². The van der Waals surface area contributed by atoms with Crippen molar-refractivity contribution in [3.8, 4) is 0 Å². The normalized spacial score (nSPS) is 17.8. The summed E-state index contributed by atoms with van der Waals surface area (Å²) in [4.78, 5) is 23.6. The van der Waals surface area contributed by atoms with E-state index in [-0.39, 0.29) is 10.0 Å². The van der Waals surface area contributed by atoms with Gasteiger partial charge >= 0.3 is 18.1 Å². The predicted molar refractivity (Wildman–Crippen MR) is 73.4 cm³/mol. The fourth-order valence-corrected chi connectivity index (χ4v) is 2.42. The Labute approximate surface area is 132 Å². The molecule has 0 bridgehead atoms. The molecule has 0 spiro atoms. The van der Waals surface area contributed by atoms with Gasteiger partial charge in [0.2, 0.25) is 0 Å². The highest BCUT2D eigenvalue weighted by molar-refractivity contribution is 9.10. The maximum absolute atomic E-state index is 12.8. The average Bonchev–Trinajstić information content (AvgIpc) is 2.32. The average molecular weight is 379 g/mol. The van der Waals surface area contributed by atoms with Crippen LogP contribution in [0.2, 0.25) is 0 Å². The summed E-state index contributed by atoms with van der Waals surface area (Å²) in [7, 11) is 0. The maximum Gasteiger partial charge on any atom is 0.417 e. The van der Waals surface area contributed by atoms with Crippen LogP contribution in [-0.4, -0.2) is 17.7 Å². The molecular formula is C14H10BrF3O4. The third kappa shape index (κ3) is 3.32. The zero-order valence-electron chi connectivity index (χ0n) is 11.5. The number of hydrogen-bond acceptors (Lipinski definition) is 4. The highest BCUT2D eigenvalue weighted by Gasteiger charge is 2.39. The number of alkyl halides is 3. The van der Waals surface area contributed by atoms with E-state index in [0.717, 1.165) is 12.1 Å². The van der Waals surface area contributed by atoms with Gasteiger partial charge in [-0.3, -0.25) is 0 Å². The molecule has 4 nitrogen and oxygen atoms in total. The van der Waals surface area contributed by atoms with Crippen LogP contribution in [0.3, 0.4) is 0 Å². The number of carbonyl (C=O) groups is 2. The van der Waals surface area contributed by atoms with E-state index >= 15 is 0 Å². The lowest BCUT2D eigenvalue weighted by molar-refractivity contribution is -0.222. The second-order valence-corrected chi connectivity index (χ2v) is 5.74. The van der Waals surface area contributed by atoms with Crippen molar-refractivity contribution in [2.24, 2.45) is 0 Å². The molecule has 1 aliphatic heterocycles. The Bertz CT molecular complexity index is 655. The fraction of sp³-hybridized carbons (Fsp3) is 0.286. The van der Waals surface area contributed by atoms with Crippen LogP contribution in [0.1, 0.15) is 25.0 Å². The molecule has 1 heterocycles. The predicted octanol–water partition coefficient (Wildman–Crippen LogP) is 3.69. The standard InChI is InChI=1S/C14H10BrF3O4/c1-13(2)21-11(19)8(12(20)22-13)6-7-4-3-5-9(10(7)15)14(16,17)18/h3-6H,1-2H3. The van der Waals surface area contributed by atoms with Crippen molar-refractivity contribution < 1.29 is 32.2 Å². The first-order chi connectivity index (χ1) is 10.0.